The summed E-state index contributed by atoms with van der Waals surface area (Å²) in [5.74, 6) is 1.28. The maximum atomic E-state index is 5.10. The molecule has 1 aromatic rings. The molecule has 0 amide bonds. The zero-order valence-electron chi connectivity index (χ0n) is 11.9. The first-order chi connectivity index (χ1) is 9.10. The summed E-state index contributed by atoms with van der Waals surface area (Å²) in [7, 11) is 1.61. The molecule has 0 aromatic carbocycles. The van der Waals surface area contributed by atoms with Crippen LogP contribution in [0.5, 0.6) is 5.88 Å². The van der Waals surface area contributed by atoms with E-state index in [2.05, 4.69) is 44.9 Å². The summed E-state index contributed by atoms with van der Waals surface area (Å²) in [6.45, 7) is 6.94. The van der Waals surface area contributed by atoms with Crippen LogP contribution in [0.1, 0.15) is 32.4 Å². The summed E-state index contributed by atoms with van der Waals surface area (Å²) in [6, 6.07) is 2.69. The van der Waals surface area contributed by atoms with E-state index in [9.17, 15) is 0 Å². The van der Waals surface area contributed by atoms with Crippen molar-refractivity contribution in [2.75, 3.05) is 20.2 Å². The van der Waals surface area contributed by atoms with E-state index in [1.165, 1.54) is 25.9 Å². The minimum absolute atomic E-state index is 0.554. The van der Waals surface area contributed by atoms with E-state index >= 15 is 0 Å². The fourth-order valence-corrected chi connectivity index (χ4v) is 3.11. The summed E-state index contributed by atoms with van der Waals surface area (Å²) in [6.07, 6.45) is 3.52. The molecule has 0 N–H and O–H groups in total. The molecular weight excluding hydrogens is 306 g/mol. The molecule has 1 aliphatic rings. The van der Waals surface area contributed by atoms with Crippen molar-refractivity contribution in [2.24, 2.45) is 5.92 Å². The van der Waals surface area contributed by atoms with Crippen molar-refractivity contribution in [3.63, 3.8) is 0 Å². The summed E-state index contributed by atoms with van der Waals surface area (Å²) >= 11 is 3.47. The largest absolute Gasteiger partial charge is 0.479 e. The Morgan fingerprint density at radius 1 is 1.37 bits per heavy atom. The minimum Gasteiger partial charge on any atom is -0.479 e. The topological polar surface area (TPSA) is 38.3 Å². The van der Waals surface area contributed by atoms with Gasteiger partial charge in [-0.3, -0.25) is 0 Å². The zero-order chi connectivity index (χ0) is 13.8. The van der Waals surface area contributed by atoms with Crippen molar-refractivity contribution in [1.82, 2.24) is 15.1 Å². The maximum absolute atomic E-state index is 5.10. The molecule has 1 fully saturated rings. The first-order valence-electron chi connectivity index (χ1n) is 6.90. The molecule has 0 spiro atoms. The number of nitrogens with zero attached hydrogens (tertiary/aromatic N) is 3. The van der Waals surface area contributed by atoms with Crippen LogP contribution in [0.4, 0.5) is 0 Å². The van der Waals surface area contributed by atoms with Crippen LogP contribution in [0, 0.1) is 5.92 Å². The van der Waals surface area contributed by atoms with Gasteiger partial charge in [-0.2, -0.15) is 5.10 Å². The van der Waals surface area contributed by atoms with Gasteiger partial charge in [-0.05, 0) is 74.1 Å². The van der Waals surface area contributed by atoms with Gasteiger partial charge in [-0.15, -0.1) is 5.10 Å². The molecule has 106 valence electrons. The van der Waals surface area contributed by atoms with Crippen LogP contribution in [0.15, 0.2) is 10.5 Å². The van der Waals surface area contributed by atoms with E-state index in [1.807, 2.05) is 6.07 Å². The van der Waals surface area contributed by atoms with Gasteiger partial charge in [0.05, 0.1) is 17.3 Å². The second-order valence-electron chi connectivity index (χ2n) is 5.47. The highest BCUT2D eigenvalue weighted by atomic mass is 79.9. The summed E-state index contributed by atoms with van der Waals surface area (Å²) in [5, 5.41) is 8.32. The van der Waals surface area contributed by atoms with Gasteiger partial charge in [0.2, 0.25) is 5.88 Å². The van der Waals surface area contributed by atoms with Gasteiger partial charge in [-0.1, -0.05) is 0 Å². The Kier molecular flexibility index (Phi) is 5.16. The highest BCUT2D eigenvalue weighted by molar-refractivity contribution is 9.10. The molecule has 1 aliphatic heterocycles. The van der Waals surface area contributed by atoms with Crippen LogP contribution >= 0.6 is 15.9 Å². The average molecular weight is 328 g/mol. The monoisotopic (exact) mass is 327 g/mol. The fraction of sp³-hybridized carbons (Fsp3) is 0.714. The molecule has 19 heavy (non-hydrogen) atoms. The average Bonchev–Trinajstić information content (AvgIpc) is 2.39. The van der Waals surface area contributed by atoms with E-state index < -0.39 is 0 Å². The van der Waals surface area contributed by atoms with Gasteiger partial charge in [0, 0.05) is 6.04 Å². The van der Waals surface area contributed by atoms with Crippen molar-refractivity contribution >= 4 is 15.9 Å². The van der Waals surface area contributed by atoms with Crippen molar-refractivity contribution in [3.8, 4) is 5.88 Å². The predicted octanol–water partition coefficient (Wildman–Crippen LogP) is 2.91. The third-order valence-corrected chi connectivity index (χ3v) is 4.41. The lowest BCUT2D eigenvalue weighted by atomic mass is 9.91. The highest BCUT2D eigenvalue weighted by Gasteiger charge is 2.21. The first-order valence-corrected chi connectivity index (χ1v) is 7.69. The molecular formula is C14H22BrN3O. The number of hydrogen-bond donors (Lipinski definition) is 0. The second-order valence-corrected chi connectivity index (χ2v) is 6.32. The minimum atomic E-state index is 0.554. The Balaban J connectivity index is 1.90. The third kappa shape index (κ3) is 3.89. The van der Waals surface area contributed by atoms with Gasteiger partial charge in [0.15, 0.2) is 0 Å². The number of rotatable bonds is 4. The van der Waals surface area contributed by atoms with Crippen LogP contribution < -0.4 is 4.74 Å². The molecule has 1 aromatic heterocycles. The first kappa shape index (κ1) is 14.7. The fourth-order valence-electron chi connectivity index (χ4n) is 2.60. The van der Waals surface area contributed by atoms with E-state index in [0.717, 1.165) is 22.5 Å². The quantitative estimate of drug-likeness (QED) is 0.852. The highest BCUT2D eigenvalue weighted by Crippen LogP contribution is 2.25. The summed E-state index contributed by atoms with van der Waals surface area (Å²) < 4.78 is 5.99. The van der Waals surface area contributed by atoms with Crippen molar-refractivity contribution < 1.29 is 4.74 Å². The molecule has 5 heteroatoms. The molecule has 0 radical (unpaired) electrons. The SMILES string of the molecule is COc1nnc(CC2CCN(C(C)C)CC2)cc1Br. The van der Waals surface area contributed by atoms with Crippen LogP contribution in [0.3, 0.4) is 0 Å². The van der Waals surface area contributed by atoms with Gasteiger partial charge in [-0.25, -0.2) is 0 Å². The Morgan fingerprint density at radius 2 is 2.05 bits per heavy atom. The van der Waals surface area contributed by atoms with Crippen LogP contribution in [-0.2, 0) is 6.42 Å². The van der Waals surface area contributed by atoms with Crippen molar-refractivity contribution in [2.45, 2.75) is 39.2 Å². The molecule has 2 rings (SSSR count). The van der Waals surface area contributed by atoms with Crippen LogP contribution in [-0.4, -0.2) is 41.3 Å². The third-order valence-electron chi connectivity index (χ3n) is 3.84. The maximum Gasteiger partial charge on any atom is 0.247 e. The van der Waals surface area contributed by atoms with Crippen molar-refractivity contribution in [1.29, 1.82) is 0 Å². The van der Waals surface area contributed by atoms with Gasteiger partial charge in [0.1, 0.15) is 0 Å². The Bertz CT molecular complexity index is 417. The Labute approximate surface area is 123 Å². The molecule has 0 unspecified atom stereocenters. The Hall–Kier alpha value is -0.680. The van der Waals surface area contributed by atoms with E-state index in [4.69, 9.17) is 4.74 Å². The molecule has 0 aliphatic carbocycles. The van der Waals surface area contributed by atoms with Gasteiger partial charge >= 0.3 is 0 Å². The summed E-state index contributed by atoms with van der Waals surface area (Å²) in [5.41, 5.74) is 1.05. The molecule has 0 atom stereocenters. The molecule has 2 heterocycles. The number of hydrogen-bond acceptors (Lipinski definition) is 4. The predicted molar refractivity (Wildman–Crippen MR) is 79.4 cm³/mol. The number of aromatic nitrogens is 2. The lowest BCUT2D eigenvalue weighted by molar-refractivity contribution is 0.149. The van der Waals surface area contributed by atoms with E-state index in [0.29, 0.717) is 11.9 Å². The molecule has 1 saturated heterocycles. The number of likely N-dealkylation sites (tertiary alicyclic amines) is 1. The Morgan fingerprint density at radius 3 is 2.58 bits per heavy atom. The van der Waals surface area contributed by atoms with Crippen LogP contribution in [0.2, 0.25) is 0 Å². The molecule has 4 nitrogen and oxygen atoms in total. The second kappa shape index (κ2) is 6.66. The normalized spacial score (nSPS) is 17.9. The molecule has 0 saturated carbocycles. The van der Waals surface area contributed by atoms with E-state index in [-0.39, 0.29) is 0 Å². The number of piperidine rings is 1. The standard InChI is InChI=1S/C14H22BrN3O/c1-10(2)18-6-4-11(5-7-18)8-12-9-13(15)14(19-3)17-16-12/h9-11H,4-8H2,1-3H3. The molecule has 0 bridgehead atoms. The number of ether oxygens (including phenoxy) is 1. The zero-order valence-corrected chi connectivity index (χ0v) is 13.5. The summed E-state index contributed by atoms with van der Waals surface area (Å²) in [4.78, 5) is 2.55. The van der Waals surface area contributed by atoms with Gasteiger partial charge in [0.25, 0.3) is 0 Å². The van der Waals surface area contributed by atoms with Gasteiger partial charge < -0.3 is 9.64 Å². The lowest BCUT2D eigenvalue weighted by Crippen LogP contribution is -2.38. The number of methoxy groups -OCH3 is 1. The van der Waals surface area contributed by atoms with E-state index in [1.54, 1.807) is 7.11 Å². The van der Waals surface area contributed by atoms with Crippen molar-refractivity contribution in [3.05, 3.63) is 16.2 Å². The lowest BCUT2D eigenvalue weighted by Gasteiger charge is -2.34. The smallest absolute Gasteiger partial charge is 0.247 e. The van der Waals surface area contributed by atoms with Crippen LogP contribution in [0.25, 0.3) is 0 Å². The number of halogens is 1.